The molecule has 0 bridgehead atoms. The van der Waals surface area contributed by atoms with Crippen LogP contribution in [0, 0.1) is 6.92 Å². The van der Waals surface area contributed by atoms with Crippen LogP contribution in [0.4, 0.5) is 5.95 Å². The van der Waals surface area contributed by atoms with Crippen molar-refractivity contribution in [3.63, 3.8) is 0 Å². The Bertz CT molecular complexity index is 1190. The van der Waals surface area contributed by atoms with Crippen LogP contribution in [-0.4, -0.2) is 48.1 Å². The smallest absolute Gasteiger partial charge is 0.354 e. The number of aromatic carboxylic acids is 1. The normalized spacial score (nSPS) is 11.4. The molecule has 0 unspecified atom stereocenters. The van der Waals surface area contributed by atoms with Gasteiger partial charge in [0.25, 0.3) is 11.7 Å². The summed E-state index contributed by atoms with van der Waals surface area (Å²) in [5.74, 6) is -2.58. The maximum atomic E-state index is 12.5. The summed E-state index contributed by atoms with van der Waals surface area (Å²) in [6.45, 7) is 7.28. The van der Waals surface area contributed by atoms with Crippen molar-refractivity contribution in [2.45, 2.75) is 39.8 Å². The molecular formula is C20H22N6O5. The average Bonchev–Trinajstić information content (AvgIpc) is 3.03. The lowest BCUT2D eigenvalue weighted by Gasteiger charge is -2.20. The summed E-state index contributed by atoms with van der Waals surface area (Å²) in [6, 6.07) is 6.19. The van der Waals surface area contributed by atoms with Gasteiger partial charge in [-0.05, 0) is 44.9 Å². The molecule has 1 amide bonds. The molecule has 4 N–H and O–H groups in total. The first-order chi connectivity index (χ1) is 14.4. The Morgan fingerprint density at radius 3 is 2.52 bits per heavy atom. The third-order valence-corrected chi connectivity index (χ3v) is 4.14. The fraction of sp³-hybridized carbons (Fsp3) is 0.300. The molecule has 1 aromatic carbocycles. The number of carboxylic acids is 1. The fourth-order valence-corrected chi connectivity index (χ4v) is 2.82. The van der Waals surface area contributed by atoms with Crippen molar-refractivity contribution in [3.05, 3.63) is 52.3 Å². The largest absolute Gasteiger partial charge is 0.477 e. The number of nitrogens with one attached hydrogen (secondary N) is 1. The number of anilines is 1. The average molecular weight is 426 g/mol. The van der Waals surface area contributed by atoms with E-state index in [1.807, 2.05) is 0 Å². The first-order valence-corrected chi connectivity index (χ1v) is 9.32. The number of nitrogens with two attached hydrogens (primary N) is 1. The number of aryl methyl sites for hydroxylation is 1. The predicted octanol–water partition coefficient (Wildman–Crippen LogP) is 1.60. The number of nitrogens with zero attached hydrogens (tertiary/aromatic N) is 4. The Morgan fingerprint density at radius 2 is 1.90 bits per heavy atom. The second-order valence-electron chi connectivity index (χ2n) is 7.85. The minimum Gasteiger partial charge on any atom is -0.477 e. The number of aromatic nitrogens is 4. The summed E-state index contributed by atoms with van der Waals surface area (Å²) >= 11 is 0. The lowest BCUT2D eigenvalue weighted by Crippen LogP contribution is -2.26. The Kier molecular flexibility index (Phi) is 5.60. The number of hydrogen-bond donors (Lipinski definition) is 3. The quantitative estimate of drug-likeness (QED) is 0.514. The minimum absolute atomic E-state index is 0.0971. The molecular weight excluding hydrogens is 404 g/mol. The zero-order valence-electron chi connectivity index (χ0n) is 17.5. The standard InChI is InChI=1S/C20H22N6O5/c1-10-7-11(5-6-12(10)17(30)31-20(2,3)4)9-22-15(27)13-8-14(16(28)29)26-19(23-13)24-18(21)25-26/h5-8H,9H2,1-4H3,(H2,21,25)(H,22,27)(H,28,29). The Balaban J connectivity index is 1.76. The predicted molar refractivity (Wildman–Crippen MR) is 110 cm³/mol. The van der Waals surface area contributed by atoms with Crippen LogP contribution in [-0.2, 0) is 11.3 Å². The zero-order chi connectivity index (χ0) is 22.9. The van der Waals surface area contributed by atoms with Crippen molar-refractivity contribution in [2.24, 2.45) is 0 Å². The van der Waals surface area contributed by atoms with Gasteiger partial charge in [0.15, 0.2) is 5.69 Å². The van der Waals surface area contributed by atoms with Crippen molar-refractivity contribution >= 4 is 29.6 Å². The molecule has 31 heavy (non-hydrogen) atoms. The van der Waals surface area contributed by atoms with Crippen LogP contribution >= 0.6 is 0 Å². The number of rotatable bonds is 5. The first-order valence-electron chi connectivity index (χ1n) is 9.32. The van der Waals surface area contributed by atoms with Gasteiger partial charge in [-0.15, -0.1) is 5.10 Å². The van der Waals surface area contributed by atoms with E-state index < -0.39 is 23.4 Å². The number of carbonyl (C=O) groups is 3. The van der Waals surface area contributed by atoms with Crippen LogP contribution in [0.15, 0.2) is 24.3 Å². The van der Waals surface area contributed by atoms with Crippen LogP contribution in [0.1, 0.15) is 63.2 Å². The van der Waals surface area contributed by atoms with Crippen LogP contribution in [0.5, 0.6) is 0 Å². The first kappa shape index (κ1) is 21.7. The van der Waals surface area contributed by atoms with Crippen molar-refractivity contribution in [3.8, 4) is 0 Å². The van der Waals surface area contributed by atoms with E-state index in [9.17, 15) is 19.5 Å². The molecule has 0 radical (unpaired) electrons. The minimum atomic E-state index is -1.31. The van der Waals surface area contributed by atoms with Gasteiger partial charge in [-0.25, -0.2) is 14.6 Å². The molecule has 0 aliphatic carbocycles. The van der Waals surface area contributed by atoms with E-state index in [2.05, 4.69) is 20.4 Å². The van der Waals surface area contributed by atoms with Crippen LogP contribution in [0.2, 0.25) is 0 Å². The van der Waals surface area contributed by atoms with Gasteiger partial charge in [0.1, 0.15) is 11.3 Å². The molecule has 0 fully saturated rings. The number of hydrogen-bond acceptors (Lipinski definition) is 8. The number of carboxylic acid groups (broad SMARTS) is 1. The molecule has 3 rings (SSSR count). The highest BCUT2D eigenvalue weighted by Crippen LogP contribution is 2.17. The highest BCUT2D eigenvalue weighted by Gasteiger charge is 2.20. The van der Waals surface area contributed by atoms with Crippen molar-refractivity contribution in [1.29, 1.82) is 0 Å². The maximum Gasteiger partial charge on any atom is 0.354 e. The van der Waals surface area contributed by atoms with Crippen molar-refractivity contribution in [2.75, 3.05) is 5.73 Å². The molecule has 2 aromatic heterocycles. The molecule has 0 saturated carbocycles. The lowest BCUT2D eigenvalue weighted by atomic mass is 10.0. The van der Waals surface area contributed by atoms with Gasteiger partial charge in [-0.1, -0.05) is 12.1 Å². The van der Waals surface area contributed by atoms with Gasteiger partial charge in [0.2, 0.25) is 5.95 Å². The number of nitrogen functional groups attached to an aromatic ring is 1. The number of amides is 1. The molecule has 11 nitrogen and oxygen atoms in total. The molecule has 0 atom stereocenters. The third-order valence-electron chi connectivity index (χ3n) is 4.14. The SMILES string of the molecule is Cc1cc(CNC(=O)c2cc(C(=O)O)n3nc(N)nc3n2)ccc1C(=O)OC(C)(C)C. The Labute approximate surface area is 177 Å². The van der Waals surface area contributed by atoms with E-state index in [0.29, 0.717) is 11.1 Å². The van der Waals surface area contributed by atoms with Crippen LogP contribution in [0.3, 0.4) is 0 Å². The highest BCUT2D eigenvalue weighted by atomic mass is 16.6. The number of carbonyl (C=O) groups excluding carboxylic acids is 2. The van der Waals surface area contributed by atoms with Gasteiger partial charge in [-0.3, -0.25) is 4.79 Å². The molecule has 2 heterocycles. The van der Waals surface area contributed by atoms with Gasteiger partial charge >= 0.3 is 11.9 Å². The molecule has 0 spiro atoms. The van der Waals surface area contributed by atoms with Crippen molar-refractivity contribution < 1.29 is 24.2 Å². The van der Waals surface area contributed by atoms with Crippen molar-refractivity contribution in [1.82, 2.24) is 24.9 Å². The number of esters is 1. The Hall–Kier alpha value is -4.02. The summed E-state index contributed by atoms with van der Waals surface area (Å²) in [4.78, 5) is 44.1. The van der Waals surface area contributed by atoms with Gasteiger partial charge in [-0.2, -0.15) is 9.50 Å². The second kappa shape index (κ2) is 8.01. The molecule has 11 heteroatoms. The fourth-order valence-electron chi connectivity index (χ4n) is 2.82. The zero-order valence-corrected chi connectivity index (χ0v) is 17.5. The lowest BCUT2D eigenvalue weighted by molar-refractivity contribution is 0.00684. The van der Waals surface area contributed by atoms with E-state index in [1.165, 1.54) is 0 Å². The second-order valence-corrected chi connectivity index (χ2v) is 7.85. The third kappa shape index (κ3) is 4.94. The molecule has 0 aliphatic heterocycles. The number of benzene rings is 1. The van der Waals surface area contributed by atoms with E-state index >= 15 is 0 Å². The summed E-state index contributed by atoms with van der Waals surface area (Å²) in [5, 5.41) is 15.8. The maximum absolute atomic E-state index is 12.5. The van der Waals surface area contributed by atoms with Gasteiger partial charge < -0.3 is 20.9 Å². The van der Waals surface area contributed by atoms with Gasteiger partial charge in [0.05, 0.1) is 5.56 Å². The molecule has 0 saturated heterocycles. The van der Waals surface area contributed by atoms with E-state index in [4.69, 9.17) is 10.5 Å². The van der Waals surface area contributed by atoms with Crippen LogP contribution in [0.25, 0.3) is 5.78 Å². The molecule has 0 aliphatic rings. The summed E-state index contributed by atoms with van der Waals surface area (Å²) in [6.07, 6.45) is 0. The summed E-state index contributed by atoms with van der Waals surface area (Å²) in [5.41, 5.74) is 6.33. The van der Waals surface area contributed by atoms with E-state index in [0.717, 1.165) is 16.1 Å². The summed E-state index contributed by atoms with van der Waals surface area (Å²) in [7, 11) is 0. The Morgan fingerprint density at radius 1 is 1.19 bits per heavy atom. The van der Waals surface area contributed by atoms with Crippen LogP contribution < -0.4 is 11.1 Å². The topological polar surface area (TPSA) is 162 Å². The van der Waals surface area contributed by atoms with E-state index in [-0.39, 0.29) is 29.7 Å². The monoisotopic (exact) mass is 426 g/mol. The van der Waals surface area contributed by atoms with E-state index in [1.54, 1.807) is 45.9 Å². The summed E-state index contributed by atoms with van der Waals surface area (Å²) < 4.78 is 6.33. The highest BCUT2D eigenvalue weighted by molar-refractivity contribution is 5.96. The molecule has 3 aromatic rings. The number of ether oxygens (including phenoxy) is 1. The van der Waals surface area contributed by atoms with Gasteiger partial charge in [0, 0.05) is 12.6 Å². The molecule has 162 valence electrons. The number of fused-ring (bicyclic) bond motifs is 1.